The number of hydrogen-bond acceptors (Lipinski definition) is 21. The van der Waals surface area contributed by atoms with Gasteiger partial charge in [-0.05, 0) is 284 Å². The molecule has 5 N–H and O–H groups in total. The molecule has 0 aliphatic carbocycles. The van der Waals surface area contributed by atoms with E-state index < -0.39 is 0 Å². The molecule has 0 bridgehead atoms. The van der Waals surface area contributed by atoms with Gasteiger partial charge >= 0.3 is 0 Å². The minimum absolute atomic E-state index is 0.0217. The lowest BCUT2D eigenvalue weighted by atomic mass is 9.83. The fourth-order valence-corrected chi connectivity index (χ4v) is 20.8. The van der Waals surface area contributed by atoms with Crippen LogP contribution in [0.1, 0.15) is 279 Å². The summed E-state index contributed by atoms with van der Waals surface area (Å²) in [6.45, 7) is 35.3. The van der Waals surface area contributed by atoms with E-state index in [2.05, 4.69) is 157 Å². The number of rotatable bonds is 23. The van der Waals surface area contributed by atoms with Crippen LogP contribution < -0.4 is 66.3 Å². The first kappa shape index (κ1) is 100. The van der Waals surface area contributed by atoms with Crippen LogP contribution in [0.15, 0.2) is 152 Å². The summed E-state index contributed by atoms with van der Waals surface area (Å²) in [7, 11) is 3.20. The van der Waals surface area contributed by atoms with Gasteiger partial charge in [0, 0.05) is 124 Å². The number of aromatic hydroxyl groups is 5. The van der Waals surface area contributed by atoms with Gasteiger partial charge in [0.2, 0.25) is 0 Å². The van der Waals surface area contributed by atoms with E-state index in [0.717, 1.165) is 231 Å². The van der Waals surface area contributed by atoms with E-state index >= 15 is 0 Å². The molecule has 21 nitrogen and oxygen atoms in total. The SMILES string of the molecule is CC(C)CCOc1ccc(C2COc3c(ccc4c3CCC(C)(C)O4)C2)c(O)c1.CCC1(CC)CCc2c(ccc3c2OCC(c2ccc(C)cc2O)C3)O1.CCCCCOc1ccc(C2COc3c(ccc4c3CCC(C)(C)O4)C2)c(O)c1.COCCOc1ccc(C2COc3c(ccc4c3CCC(C)(C)O4)C2)c(O)c1.COCOc1ccc(C2COc3c(ccc4c3CCC(C)(C)O4)C2)c(O)c1. The van der Waals surface area contributed by atoms with Crippen molar-refractivity contribution in [1.82, 2.24) is 0 Å². The highest BCUT2D eigenvalue weighted by atomic mass is 16.7. The molecule has 0 saturated heterocycles. The van der Waals surface area contributed by atoms with E-state index in [0.29, 0.717) is 82.6 Å². The molecule has 10 aromatic carbocycles. The van der Waals surface area contributed by atoms with Crippen molar-refractivity contribution in [3.8, 4) is 109 Å². The number of hydrogen-bond donors (Lipinski definition) is 5. The Morgan fingerprint density at radius 2 is 0.619 bits per heavy atom. The van der Waals surface area contributed by atoms with E-state index in [1.165, 1.54) is 62.1 Å². The molecule has 0 saturated carbocycles. The van der Waals surface area contributed by atoms with Crippen molar-refractivity contribution < 1.29 is 101 Å². The van der Waals surface area contributed by atoms with Gasteiger partial charge in [0.15, 0.2) is 6.79 Å². The quantitative estimate of drug-likeness (QED) is 0.0295. The summed E-state index contributed by atoms with van der Waals surface area (Å²) in [5.41, 5.74) is 17.1. The predicted octanol–water partition coefficient (Wildman–Crippen LogP) is 25.2. The highest BCUT2D eigenvalue weighted by molar-refractivity contribution is 5.60. The first-order chi connectivity index (χ1) is 66.8. The van der Waals surface area contributed by atoms with Crippen LogP contribution in [0.3, 0.4) is 0 Å². The second kappa shape index (κ2) is 43.6. The molecule has 744 valence electrons. The van der Waals surface area contributed by atoms with Crippen molar-refractivity contribution in [3.63, 3.8) is 0 Å². The lowest BCUT2D eigenvalue weighted by Crippen LogP contribution is -2.38. The molecule has 0 fully saturated rings. The van der Waals surface area contributed by atoms with Crippen LogP contribution in [-0.4, -0.2) is 134 Å². The van der Waals surface area contributed by atoms with Gasteiger partial charge in [0.05, 0.1) is 52.9 Å². The normalized spacial score (nSPS) is 19.9. The third-order valence-corrected chi connectivity index (χ3v) is 29.1. The Bertz CT molecular complexity index is 5940. The number of phenolic OH excluding ortho intramolecular Hbond substituents is 5. The summed E-state index contributed by atoms with van der Waals surface area (Å²) in [4.78, 5) is 0. The van der Waals surface area contributed by atoms with Crippen LogP contribution in [0.25, 0.3) is 0 Å². The van der Waals surface area contributed by atoms with E-state index in [1.54, 1.807) is 38.5 Å². The Hall–Kier alpha value is -11.7. The Kier molecular flexibility index (Phi) is 31.5. The molecule has 0 spiro atoms. The van der Waals surface area contributed by atoms with Crippen LogP contribution in [-0.2, 0) is 73.7 Å². The highest BCUT2D eigenvalue weighted by Gasteiger charge is 2.41. The maximum absolute atomic E-state index is 10.6. The van der Waals surface area contributed by atoms with Crippen LogP contribution in [0.5, 0.6) is 109 Å². The topological polar surface area (TPSA) is 249 Å². The third kappa shape index (κ3) is 24.0. The number of benzene rings is 10. The van der Waals surface area contributed by atoms with Crippen molar-refractivity contribution in [1.29, 1.82) is 0 Å². The van der Waals surface area contributed by atoms with Gasteiger partial charge in [-0.25, -0.2) is 0 Å². The molecule has 21 heteroatoms. The first-order valence-corrected chi connectivity index (χ1v) is 50.7. The molecule has 5 unspecified atom stereocenters. The molecule has 0 radical (unpaired) electrons. The minimum Gasteiger partial charge on any atom is -0.508 e. The lowest BCUT2D eigenvalue weighted by molar-refractivity contribution is 0.0370. The van der Waals surface area contributed by atoms with E-state index in [-0.39, 0.29) is 87.4 Å². The van der Waals surface area contributed by atoms with Gasteiger partial charge in [0.1, 0.15) is 144 Å². The fourth-order valence-electron chi connectivity index (χ4n) is 20.8. The molecule has 0 aromatic heterocycles. The zero-order chi connectivity index (χ0) is 98.1. The second-order valence-corrected chi connectivity index (χ2v) is 42.1. The van der Waals surface area contributed by atoms with Gasteiger partial charge in [-0.15, -0.1) is 0 Å². The minimum atomic E-state index is -0.128. The zero-order valence-corrected chi connectivity index (χ0v) is 84.6. The van der Waals surface area contributed by atoms with Gasteiger partial charge in [-0.1, -0.05) is 114 Å². The van der Waals surface area contributed by atoms with Crippen LogP contribution in [0.2, 0.25) is 0 Å². The summed E-state index contributed by atoms with van der Waals surface area (Å²) >= 11 is 0. The van der Waals surface area contributed by atoms with Crippen LogP contribution in [0.4, 0.5) is 0 Å². The van der Waals surface area contributed by atoms with E-state index in [1.807, 2.05) is 67.6 Å². The molecular formula is C118H146O21. The van der Waals surface area contributed by atoms with Gasteiger partial charge < -0.3 is 101 Å². The Morgan fingerprint density at radius 1 is 0.324 bits per heavy atom. The van der Waals surface area contributed by atoms with Crippen molar-refractivity contribution in [2.75, 3.05) is 80.5 Å². The van der Waals surface area contributed by atoms with Gasteiger partial charge in [-0.2, -0.15) is 0 Å². The predicted molar refractivity (Wildman–Crippen MR) is 541 cm³/mol. The summed E-state index contributed by atoms with van der Waals surface area (Å²) in [6, 6.07) is 49.1. The highest BCUT2D eigenvalue weighted by Crippen LogP contribution is 2.53. The molecule has 139 heavy (non-hydrogen) atoms. The van der Waals surface area contributed by atoms with Gasteiger partial charge in [0.25, 0.3) is 0 Å². The number of ether oxygens (including phenoxy) is 16. The number of methoxy groups -OCH3 is 2. The largest absolute Gasteiger partial charge is 0.508 e. The fraction of sp³-hybridized carbons (Fsp3) is 0.492. The number of aryl methyl sites for hydroxylation is 1. The molecule has 20 rings (SSSR count). The summed E-state index contributed by atoms with van der Waals surface area (Å²) in [5.74, 6) is 15.1. The van der Waals surface area contributed by atoms with Crippen LogP contribution >= 0.6 is 0 Å². The van der Waals surface area contributed by atoms with E-state index in [4.69, 9.17) is 75.8 Å². The number of unbranched alkanes of at least 4 members (excludes halogenated alkanes) is 2. The molecule has 10 aliphatic heterocycles. The maximum Gasteiger partial charge on any atom is 0.188 e. The molecule has 0 amide bonds. The zero-order valence-electron chi connectivity index (χ0n) is 84.6. The third-order valence-electron chi connectivity index (χ3n) is 29.1. The van der Waals surface area contributed by atoms with Crippen LogP contribution in [0, 0.1) is 12.8 Å². The van der Waals surface area contributed by atoms with Crippen molar-refractivity contribution in [2.24, 2.45) is 5.92 Å². The van der Waals surface area contributed by atoms with Crippen molar-refractivity contribution in [2.45, 2.75) is 289 Å². The summed E-state index contributed by atoms with van der Waals surface area (Å²) < 4.78 is 94.3. The number of fused-ring (bicyclic) bond motifs is 15. The van der Waals surface area contributed by atoms with Crippen molar-refractivity contribution in [3.05, 3.63) is 241 Å². The van der Waals surface area contributed by atoms with E-state index in [9.17, 15) is 25.5 Å². The smallest absolute Gasteiger partial charge is 0.188 e. The molecular weight excluding hydrogens is 1750 g/mol. The maximum atomic E-state index is 10.6. The average molecular weight is 1900 g/mol. The summed E-state index contributed by atoms with van der Waals surface area (Å²) in [6.07, 6.45) is 20.6. The Balaban J connectivity index is 0.000000126. The second-order valence-electron chi connectivity index (χ2n) is 42.1. The number of phenols is 5. The lowest BCUT2D eigenvalue weighted by Gasteiger charge is -2.39. The molecule has 5 atom stereocenters. The molecule has 10 aliphatic rings. The summed E-state index contributed by atoms with van der Waals surface area (Å²) in [5, 5.41) is 52.5. The van der Waals surface area contributed by atoms with Crippen molar-refractivity contribution >= 4 is 0 Å². The first-order valence-electron chi connectivity index (χ1n) is 50.7. The molecule has 10 heterocycles. The Labute approximate surface area is 822 Å². The Morgan fingerprint density at radius 3 is 0.914 bits per heavy atom. The molecule has 10 aromatic rings. The average Bonchev–Trinajstić information content (AvgIpc) is 0.779. The van der Waals surface area contributed by atoms with Gasteiger partial charge in [-0.3, -0.25) is 0 Å². The monoisotopic (exact) mass is 1900 g/mol. The standard InChI is InChI=1S/2C25H32O4.C23H28O5.C23H28O3.C22H26O5/c1-16(2)10-12-27-19-6-7-20(22(26)14-19)18-13-17-5-8-23-21(24(17)28-15-18)9-11-25(3,4)29-23;1-4-5-6-13-27-19-8-9-20(22(26)15-19)18-14-17-7-10-23-21(24(17)28-16-18)11-12-25(2,3)29-23;1-23(2)9-8-19-21(28-23)7-4-15-12-16(14-27-22(15)19)18-6-5-17(13-20(18)24)26-11-10-25-3;1-4-23(5-2)11-10-19-21(26-23)9-7-16-13-17(14-25-22(16)19)18-8-6-15(3)12-20(18)24;1-22(2)9-8-18-20(27-22)7-4-14-10-15(12-25-21(14)18)17-6-5-16(11-19(17)23)26-13-24-3/h5-8,14,16,18,26H,9-13,15H2,1-4H3;7-10,15,18,26H,4-6,11-14,16H2,1-3H3;4-7,13,16,24H,8-12,14H2,1-3H3;6-9,12,17,24H,4-5,10-11,13-14H2,1-3H3;4-7,11,15,23H,8-10,12-13H2,1-3H3.